The molecule has 5 rings (SSSR count). The summed E-state index contributed by atoms with van der Waals surface area (Å²) in [4.78, 5) is 18.4. The highest BCUT2D eigenvalue weighted by atomic mass is 32.1. The van der Waals surface area contributed by atoms with Crippen LogP contribution in [0.4, 0.5) is 10.8 Å². The number of carbonyl (C=O) groups is 1. The number of nitrogens with zero attached hydrogens (tertiary/aromatic N) is 1. The van der Waals surface area contributed by atoms with E-state index in [1.165, 1.54) is 0 Å². The van der Waals surface area contributed by atoms with E-state index in [1.807, 2.05) is 61.5 Å². The van der Waals surface area contributed by atoms with Crippen LogP contribution in [-0.4, -0.2) is 17.7 Å². The number of aryl methyl sites for hydroxylation is 1. The minimum atomic E-state index is -0.254. The maximum absolute atomic E-state index is 12.9. The van der Waals surface area contributed by atoms with Gasteiger partial charge in [-0.1, -0.05) is 30.3 Å². The van der Waals surface area contributed by atoms with Gasteiger partial charge in [-0.15, -0.1) is 11.3 Å². The smallest absolute Gasteiger partial charge is 0.256 e. The predicted octanol–water partition coefficient (Wildman–Crippen LogP) is 5.63. The van der Waals surface area contributed by atoms with Gasteiger partial charge in [0.05, 0.1) is 6.04 Å². The van der Waals surface area contributed by atoms with Crippen LogP contribution in [0.3, 0.4) is 0 Å². The quantitative estimate of drug-likeness (QED) is 0.404. The number of thiophene rings is 1. The maximum atomic E-state index is 12.9. The van der Waals surface area contributed by atoms with E-state index in [2.05, 4.69) is 21.7 Å². The molecule has 0 bridgehead atoms. The average Bonchev–Trinajstić information content (AvgIpc) is 3.44. The molecule has 0 fully saturated rings. The summed E-state index contributed by atoms with van der Waals surface area (Å²) < 4.78 is 11.1. The van der Waals surface area contributed by atoms with Crippen LogP contribution in [0.1, 0.15) is 32.4 Å². The molecule has 2 aromatic carbocycles. The molecule has 160 valence electrons. The molecule has 1 amide bonds. The standard InChI is InChI=1S/C25H21N3O3S/c1-16-13-19(25(32-16)28-24(29)17-7-3-2-4-8-17)23(27-22-9-5-6-12-26-22)18-10-11-20-21(14-18)31-15-30-20/h2-14,23H,15H2,1H3,(H,26,27)(H,28,29)/t23-/m1/s1. The molecule has 2 N–H and O–H groups in total. The molecule has 0 aliphatic carbocycles. The predicted molar refractivity (Wildman–Crippen MR) is 126 cm³/mol. The average molecular weight is 444 g/mol. The second-order valence-electron chi connectivity index (χ2n) is 7.37. The van der Waals surface area contributed by atoms with Crippen molar-refractivity contribution in [3.05, 3.63) is 101 Å². The summed E-state index contributed by atoms with van der Waals surface area (Å²) in [6.45, 7) is 2.25. The molecule has 0 radical (unpaired) electrons. The van der Waals surface area contributed by atoms with E-state index in [1.54, 1.807) is 29.7 Å². The van der Waals surface area contributed by atoms with Crippen molar-refractivity contribution in [2.75, 3.05) is 17.4 Å². The van der Waals surface area contributed by atoms with E-state index < -0.39 is 0 Å². The number of aromatic nitrogens is 1. The molecular formula is C25H21N3O3S. The van der Waals surface area contributed by atoms with Crippen LogP contribution in [0.25, 0.3) is 0 Å². The summed E-state index contributed by atoms with van der Waals surface area (Å²) in [7, 11) is 0. The minimum Gasteiger partial charge on any atom is -0.454 e. The van der Waals surface area contributed by atoms with Gasteiger partial charge >= 0.3 is 0 Å². The van der Waals surface area contributed by atoms with Gasteiger partial charge < -0.3 is 20.1 Å². The Balaban J connectivity index is 1.53. The van der Waals surface area contributed by atoms with E-state index in [0.29, 0.717) is 11.3 Å². The molecule has 6 nitrogen and oxygen atoms in total. The van der Waals surface area contributed by atoms with Crippen LogP contribution >= 0.6 is 11.3 Å². The third kappa shape index (κ3) is 4.15. The number of rotatable bonds is 6. The largest absolute Gasteiger partial charge is 0.454 e. The van der Waals surface area contributed by atoms with Crippen molar-refractivity contribution >= 4 is 28.1 Å². The van der Waals surface area contributed by atoms with Gasteiger partial charge in [0.25, 0.3) is 5.91 Å². The number of hydrogen-bond acceptors (Lipinski definition) is 6. The lowest BCUT2D eigenvalue weighted by Crippen LogP contribution is -2.17. The lowest BCUT2D eigenvalue weighted by atomic mass is 9.99. The van der Waals surface area contributed by atoms with Crippen molar-refractivity contribution in [1.29, 1.82) is 0 Å². The SMILES string of the molecule is Cc1cc([C@H](Nc2ccccn2)c2ccc3c(c2)OCO3)c(NC(=O)c2ccccc2)s1. The number of nitrogens with one attached hydrogen (secondary N) is 2. The minimum absolute atomic E-state index is 0.143. The Morgan fingerprint density at radius 2 is 1.81 bits per heavy atom. The molecular weight excluding hydrogens is 422 g/mol. The first kappa shape index (κ1) is 20.1. The highest BCUT2D eigenvalue weighted by Crippen LogP contribution is 2.41. The molecule has 7 heteroatoms. The van der Waals surface area contributed by atoms with Gasteiger partial charge in [-0.3, -0.25) is 4.79 Å². The number of pyridine rings is 1. The van der Waals surface area contributed by atoms with Crippen molar-refractivity contribution in [2.24, 2.45) is 0 Å². The van der Waals surface area contributed by atoms with Crippen LogP contribution < -0.4 is 20.1 Å². The summed E-state index contributed by atoms with van der Waals surface area (Å²) in [5, 5.41) is 7.41. The molecule has 0 saturated carbocycles. The first-order valence-corrected chi connectivity index (χ1v) is 11.0. The Morgan fingerprint density at radius 1 is 1.00 bits per heavy atom. The number of anilines is 2. The van der Waals surface area contributed by atoms with Gasteiger partial charge in [-0.25, -0.2) is 4.98 Å². The third-order valence-electron chi connectivity index (χ3n) is 5.15. The Bertz CT molecular complexity index is 1240. The summed E-state index contributed by atoms with van der Waals surface area (Å²) in [6, 6.07) is 22.7. The molecule has 3 heterocycles. The Labute approximate surface area is 189 Å². The fourth-order valence-corrected chi connectivity index (χ4v) is 4.59. The zero-order valence-corrected chi connectivity index (χ0v) is 18.2. The highest BCUT2D eigenvalue weighted by molar-refractivity contribution is 7.16. The molecule has 0 saturated heterocycles. The summed E-state index contributed by atoms with van der Waals surface area (Å²) in [5.41, 5.74) is 2.55. The molecule has 1 aliphatic rings. The fourth-order valence-electron chi connectivity index (χ4n) is 3.64. The summed E-state index contributed by atoms with van der Waals surface area (Å²) in [5.74, 6) is 2.02. The summed E-state index contributed by atoms with van der Waals surface area (Å²) in [6.07, 6.45) is 1.75. The molecule has 4 aromatic rings. The van der Waals surface area contributed by atoms with Crippen LogP contribution in [-0.2, 0) is 0 Å². The van der Waals surface area contributed by atoms with Crippen molar-refractivity contribution in [3.63, 3.8) is 0 Å². The van der Waals surface area contributed by atoms with E-state index in [0.717, 1.165) is 32.6 Å². The number of amides is 1. The Kier molecular flexibility index (Phi) is 5.47. The van der Waals surface area contributed by atoms with E-state index >= 15 is 0 Å². The first-order valence-electron chi connectivity index (χ1n) is 10.2. The Hall–Kier alpha value is -3.84. The van der Waals surface area contributed by atoms with Crippen molar-refractivity contribution in [2.45, 2.75) is 13.0 Å². The third-order valence-corrected chi connectivity index (χ3v) is 6.13. The maximum Gasteiger partial charge on any atom is 0.256 e. The van der Waals surface area contributed by atoms with Crippen molar-refractivity contribution in [1.82, 2.24) is 4.98 Å². The highest BCUT2D eigenvalue weighted by Gasteiger charge is 2.24. The molecule has 1 aliphatic heterocycles. The van der Waals surface area contributed by atoms with E-state index in [4.69, 9.17) is 9.47 Å². The Morgan fingerprint density at radius 3 is 2.62 bits per heavy atom. The molecule has 0 spiro atoms. The van der Waals surface area contributed by atoms with E-state index in [9.17, 15) is 4.79 Å². The van der Waals surface area contributed by atoms with Crippen LogP contribution in [0.5, 0.6) is 11.5 Å². The van der Waals surface area contributed by atoms with Gasteiger partial charge in [-0.05, 0) is 55.0 Å². The second kappa shape index (κ2) is 8.72. The molecule has 32 heavy (non-hydrogen) atoms. The number of hydrogen-bond donors (Lipinski definition) is 2. The molecule has 0 unspecified atom stereocenters. The monoisotopic (exact) mass is 443 g/mol. The normalized spacial score (nSPS) is 12.9. The van der Waals surface area contributed by atoms with Gasteiger partial charge in [0.15, 0.2) is 11.5 Å². The molecule has 1 atom stereocenters. The van der Waals surface area contributed by atoms with Crippen LogP contribution in [0.15, 0.2) is 79.0 Å². The van der Waals surface area contributed by atoms with Crippen molar-refractivity contribution in [3.8, 4) is 11.5 Å². The lowest BCUT2D eigenvalue weighted by molar-refractivity contribution is 0.102. The summed E-state index contributed by atoms with van der Waals surface area (Å²) >= 11 is 1.55. The zero-order valence-electron chi connectivity index (χ0n) is 17.4. The number of benzene rings is 2. The fraction of sp³-hybridized carbons (Fsp3) is 0.120. The second-order valence-corrected chi connectivity index (χ2v) is 8.62. The number of fused-ring (bicyclic) bond motifs is 1. The van der Waals surface area contributed by atoms with Gasteiger partial charge in [0, 0.05) is 22.2 Å². The van der Waals surface area contributed by atoms with Crippen LogP contribution in [0, 0.1) is 6.92 Å². The van der Waals surface area contributed by atoms with Crippen LogP contribution in [0.2, 0.25) is 0 Å². The first-order chi connectivity index (χ1) is 15.7. The van der Waals surface area contributed by atoms with Crippen molar-refractivity contribution < 1.29 is 14.3 Å². The molecule has 2 aromatic heterocycles. The number of carbonyl (C=O) groups excluding carboxylic acids is 1. The van der Waals surface area contributed by atoms with Gasteiger partial charge in [-0.2, -0.15) is 0 Å². The lowest BCUT2D eigenvalue weighted by Gasteiger charge is -2.21. The van der Waals surface area contributed by atoms with E-state index in [-0.39, 0.29) is 18.7 Å². The number of ether oxygens (including phenoxy) is 2. The topological polar surface area (TPSA) is 72.5 Å². The van der Waals surface area contributed by atoms with Gasteiger partial charge in [0.2, 0.25) is 6.79 Å². The van der Waals surface area contributed by atoms with Gasteiger partial charge in [0.1, 0.15) is 10.8 Å². The zero-order chi connectivity index (χ0) is 21.9.